The van der Waals surface area contributed by atoms with Crippen LogP contribution in [0, 0.1) is 0 Å². The summed E-state index contributed by atoms with van der Waals surface area (Å²) in [5.74, 6) is 0.890. The predicted molar refractivity (Wildman–Crippen MR) is 81.6 cm³/mol. The van der Waals surface area contributed by atoms with Gasteiger partial charge in [0.05, 0.1) is 19.8 Å². The van der Waals surface area contributed by atoms with Crippen molar-refractivity contribution in [3.63, 3.8) is 0 Å². The molecular formula is C16H18N2O3. The fourth-order valence-electron chi connectivity index (χ4n) is 1.90. The van der Waals surface area contributed by atoms with E-state index in [0.29, 0.717) is 29.3 Å². The van der Waals surface area contributed by atoms with E-state index in [1.54, 1.807) is 37.4 Å². The number of methoxy groups -OCH3 is 2. The Morgan fingerprint density at radius 1 is 1.10 bits per heavy atom. The zero-order valence-electron chi connectivity index (χ0n) is 12.1. The number of rotatable bonds is 5. The lowest BCUT2D eigenvalue weighted by Gasteiger charge is -2.11. The molecule has 2 rings (SSSR count). The number of nitrogens with one attached hydrogen (secondary N) is 1. The molecule has 1 amide bonds. The Morgan fingerprint density at radius 3 is 2.43 bits per heavy atom. The van der Waals surface area contributed by atoms with Gasteiger partial charge < -0.3 is 20.5 Å². The number of benzene rings is 2. The monoisotopic (exact) mass is 286 g/mol. The lowest BCUT2D eigenvalue weighted by atomic mass is 10.1. The van der Waals surface area contributed by atoms with Crippen LogP contribution in [-0.2, 0) is 6.54 Å². The fourth-order valence-corrected chi connectivity index (χ4v) is 1.90. The zero-order valence-corrected chi connectivity index (χ0v) is 12.1. The molecule has 0 aromatic heterocycles. The molecule has 0 aliphatic carbocycles. The number of carbonyl (C=O) groups is 1. The standard InChI is InChI=1S/C16H18N2O3/c1-20-13-7-8-15(21-2)14(9-13)16(19)18-10-11-3-5-12(17)6-4-11/h3-9H,10,17H2,1-2H3,(H,18,19). The second kappa shape index (κ2) is 6.65. The molecule has 5 heteroatoms. The first kappa shape index (κ1) is 14.7. The zero-order chi connectivity index (χ0) is 15.2. The minimum atomic E-state index is -0.220. The highest BCUT2D eigenvalue weighted by Gasteiger charge is 2.13. The Morgan fingerprint density at radius 2 is 1.81 bits per heavy atom. The van der Waals surface area contributed by atoms with Crippen molar-refractivity contribution in [1.82, 2.24) is 5.32 Å². The van der Waals surface area contributed by atoms with Gasteiger partial charge in [0, 0.05) is 12.2 Å². The Labute approximate surface area is 123 Å². The topological polar surface area (TPSA) is 73.6 Å². The third kappa shape index (κ3) is 3.66. The average molecular weight is 286 g/mol. The van der Waals surface area contributed by atoms with Crippen LogP contribution in [0.5, 0.6) is 11.5 Å². The molecule has 2 aromatic carbocycles. The maximum Gasteiger partial charge on any atom is 0.255 e. The van der Waals surface area contributed by atoms with Gasteiger partial charge in [-0.05, 0) is 35.9 Å². The Bertz CT molecular complexity index is 624. The van der Waals surface area contributed by atoms with Gasteiger partial charge in [-0.1, -0.05) is 12.1 Å². The van der Waals surface area contributed by atoms with Gasteiger partial charge in [-0.2, -0.15) is 0 Å². The van der Waals surface area contributed by atoms with Crippen LogP contribution >= 0.6 is 0 Å². The van der Waals surface area contributed by atoms with Crippen LogP contribution in [-0.4, -0.2) is 20.1 Å². The van der Waals surface area contributed by atoms with Crippen LogP contribution in [0.4, 0.5) is 5.69 Å². The number of ether oxygens (including phenoxy) is 2. The summed E-state index contributed by atoms with van der Waals surface area (Å²) in [5.41, 5.74) is 7.73. The summed E-state index contributed by atoms with van der Waals surface area (Å²) in [6.45, 7) is 0.416. The number of hydrogen-bond donors (Lipinski definition) is 2. The van der Waals surface area contributed by atoms with Crippen LogP contribution in [0.1, 0.15) is 15.9 Å². The van der Waals surface area contributed by atoms with Crippen LogP contribution in [0.2, 0.25) is 0 Å². The molecule has 0 bridgehead atoms. The Balaban J connectivity index is 2.10. The molecule has 0 atom stereocenters. The molecule has 0 saturated carbocycles. The molecular weight excluding hydrogens is 268 g/mol. The summed E-state index contributed by atoms with van der Waals surface area (Å²) in [4.78, 5) is 12.3. The predicted octanol–water partition coefficient (Wildman–Crippen LogP) is 2.22. The highest BCUT2D eigenvalue weighted by molar-refractivity contribution is 5.97. The van der Waals surface area contributed by atoms with Gasteiger partial charge >= 0.3 is 0 Å². The first-order valence-corrected chi connectivity index (χ1v) is 6.48. The van der Waals surface area contributed by atoms with Gasteiger partial charge in [-0.3, -0.25) is 4.79 Å². The maximum atomic E-state index is 12.3. The molecule has 0 spiro atoms. The van der Waals surface area contributed by atoms with E-state index < -0.39 is 0 Å². The van der Waals surface area contributed by atoms with E-state index >= 15 is 0 Å². The molecule has 110 valence electrons. The maximum absolute atomic E-state index is 12.3. The first-order chi connectivity index (χ1) is 10.1. The minimum absolute atomic E-state index is 0.220. The van der Waals surface area contributed by atoms with E-state index in [1.165, 1.54) is 7.11 Å². The van der Waals surface area contributed by atoms with E-state index in [4.69, 9.17) is 15.2 Å². The smallest absolute Gasteiger partial charge is 0.255 e. The molecule has 21 heavy (non-hydrogen) atoms. The van der Waals surface area contributed by atoms with Gasteiger partial charge in [0.15, 0.2) is 0 Å². The van der Waals surface area contributed by atoms with Crippen molar-refractivity contribution in [2.45, 2.75) is 6.54 Å². The summed E-state index contributed by atoms with van der Waals surface area (Å²) in [7, 11) is 3.08. The van der Waals surface area contributed by atoms with Crippen molar-refractivity contribution in [2.24, 2.45) is 0 Å². The summed E-state index contributed by atoms with van der Waals surface area (Å²) >= 11 is 0. The SMILES string of the molecule is COc1ccc(OC)c(C(=O)NCc2ccc(N)cc2)c1. The van der Waals surface area contributed by atoms with E-state index in [9.17, 15) is 4.79 Å². The Kier molecular flexibility index (Phi) is 4.66. The molecule has 0 saturated heterocycles. The van der Waals surface area contributed by atoms with Gasteiger partial charge in [-0.25, -0.2) is 0 Å². The molecule has 0 unspecified atom stereocenters. The minimum Gasteiger partial charge on any atom is -0.497 e. The molecule has 0 aliphatic rings. The number of anilines is 1. The fraction of sp³-hybridized carbons (Fsp3) is 0.188. The van der Waals surface area contributed by atoms with Gasteiger partial charge in [0.1, 0.15) is 11.5 Å². The largest absolute Gasteiger partial charge is 0.497 e. The number of nitrogens with two attached hydrogens (primary N) is 1. The quantitative estimate of drug-likeness (QED) is 0.827. The molecule has 0 radical (unpaired) electrons. The number of hydrogen-bond acceptors (Lipinski definition) is 4. The van der Waals surface area contributed by atoms with E-state index in [0.717, 1.165) is 5.56 Å². The van der Waals surface area contributed by atoms with E-state index in [2.05, 4.69) is 5.32 Å². The van der Waals surface area contributed by atoms with Crippen molar-refractivity contribution in [2.75, 3.05) is 20.0 Å². The van der Waals surface area contributed by atoms with Crippen molar-refractivity contribution in [1.29, 1.82) is 0 Å². The number of amides is 1. The average Bonchev–Trinajstić information content (AvgIpc) is 2.53. The first-order valence-electron chi connectivity index (χ1n) is 6.48. The highest BCUT2D eigenvalue weighted by Crippen LogP contribution is 2.23. The molecule has 0 aliphatic heterocycles. The summed E-state index contributed by atoms with van der Waals surface area (Å²) in [5, 5.41) is 2.85. The van der Waals surface area contributed by atoms with E-state index in [-0.39, 0.29) is 5.91 Å². The second-order valence-electron chi connectivity index (χ2n) is 4.49. The summed E-state index contributed by atoms with van der Waals surface area (Å²) in [6.07, 6.45) is 0. The Hall–Kier alpha value is -2.69. The summed E-state index contributed by atoms with van der Waals surface area (Å²) < 4.78 is 10.3. The van der Waals surface area contributed by atoms with Crippen molar-refractivity contribution >= 4 is 11.6 Å². The van der Waals surface area contributed by atoms with Crippen molar-refractivity contribution in [3.8, 4) is 11.5 Å². The number of carbonyl (C=O) groups excluding carboxylic acids is 1. The summed E-state index contributed by atoms with van der Waals surface area (Å²) in [6, 6.07) is 12.4. The lowest BCUT2D eigenvalue weighted by molar-refractivity contribution is 0.0947. The van der Waals surface area contributed by atoms with Gasteiger partial charge in [-0.15, -0.1) is 0 Å². The van der Waals surface area contributed by atoms with Gasteiger partial charge in [0.2, 0.25) is 0 Å². The number of nitrogen functional groups attached to an aromatic ring is 1. The van der Waals surface area contributed by atoms with Gasteiger partial charge in [0.25, 0.3) is 5.91 Å². The molecule has 2 aromatic rings. The van der Waals surface area contributed by atoms with Crippen LogP contribution in [0.15, 0.2) is 42.5 Å². The van der Waals surface area contributed by atoms with Crippen molar-refractivity contribution in [3.05, 3.63) is 53.6 Å². The molecule has 0 heterocycles. The second-order valence-corrected chi connectivity index (χ2v) is 4.49. The third-order valence-electron chi connectivity index (χ3n) is 3.08. The molecule has 3 N–H and O–H groups in total. The lowest BCUT2D eigenvalue weighted by Crippen LogP contribution is -2.23. The highest BCUT2D eigenvalue weighted by atomic mass is 16.5. The third-order valence-corrected chi connectivity index (χ3v) is 3.08. The molecule has 5 nitrogen and oxygen atoms in total. The van der Waals surface area contributed by atoms with E-state index in [1.807, 2.05) is 12.1 Å². The van der Waals surface area contributed by atoms with Crippen molar-refractivity contribution < 1.29 is 14.3 Å². The van der Waals surface area contributed by atoms with Crippen LogP contribution in [0.25, 0.3) is 0 Å². The van der Waals surface area contributed by atoms with Crippen LogP contribution in [0.3, 0.4) is 0 Å². The normalized spacial score (nSPS) is 10.0. The molecule has 0 fully saturated rings. The van der Waals surface area contributed by atoms with Crippen LogP contribution < -0.4 is 20.5 Å².